The quantitative estimate of drug-likeness (QED) is 0.551. The smallest absolute Gasteiger partial charge is 0.293 e. The van der Waals surface area contributed by atoms with Crippen molar-refractivity contribution in [2.75, 3.05) is 36.4 Å². The fourth-order valence-electron chi connectivity index (χ4n) is 3.50. The maximum absolute atomic E-state index is 12.7. The van der Waals surface area contributed by atoms with E-state index >= 15 is 0 Å². The minimum atomic E-state index is -0.509. The molecular formula is C20H23N7O4. The van der Waals surface area contributed by atoms with Crippen LogP contribution < -0.4 is 10.2 Å². The Hall–Kier alpha value is -3.94. The molecule has 11 nitrogen and oxygen atoms in total. The highest BCUT2D eigenvalue weighted by molar-refractivity contribution is 6.04. The number of hydrogen-bond donors (Lipinski definition) is 1. The van der Waals surface area contributed by atoms with E-state index in [1.54, 1.807) is 24.0 Å². The fourth-order valence-corrected chi connectivity index (χ4v) is 3.50. The molecule has 0 aliphatic carbocycles. The summed E-state index contributed by atoms with van der Waals surface area (Å²) in [6.07, 6.45) is 0.237. The molecule has 1 aliphatic heterocycles. The number of carbonyl (C=O) groups is 2. The van der Waals surface area contributed by atoms with E-state index in [2.05, 4.69) is 10.4 Å². The van der Waals surface area contributed by atoms with Gasteiger partial charge in [-0.15, -0.1) is 0 Å². The van der Waals surface area contributed by atoms with Crippen LogP contribution in [-0.4, -0.2) is 57.6 Å². The molecular weight excluding hydrogens is 402 g/mol. The third kappa shape index (κ3) is 4.98. The number of benzene rings is 1. The highest BCUT2D eigenvalue weighted by Crippen LogP contribution is 2.30. The number of nitro benzene ring substituents is 1. The number of nitrogens with one attached hydrogen (secondary N) is 1. The standard InChI is InChI=1S/C20H23N7O4/c1-14-12-19(26(23-14)7-3-6-21)22-20(29)16-4-5-17(18(13-16)27(30)31)25-10-8-24(9-11-25)15(2)28/h4-5,12-13H,3,7-11H2,1-2H3,(H,22,29). The summed E-state index contributed by atoms with van der Waals surface area (Å²) in [7, 11) is 0. The maximum Gasteiger partial charge on any atom is 0.293 e. The van der Waals surface area contributed by atoms with Crippen molar-refractivity contribution >= 4 is 29.0 Å². The molecule has 0 unspecified atom stereocenters. The van der Waals surface area contributed by atoms with Gasteiger partial charge in [-0.25, -0.2) is 4.68 Å². The van der Waals surface area contributed by atoms with Crippen molar-refractivity contribution in [1.29, 1.82) is 5.26 Å². The van der Waals surface area contributed by atoms with Gasteiger partial charge in [-0.2, -0.15) is 10.4 Å². The van der Waals surface area contributed by atoms with Gasteiger partial charge in [0.2, 0.25) is 5.91 Å². The molecule has 0 bridgehead atoms. The van der Waals surface area contributed by atoms with Gasteiger partial charge in [0.1, 0.15) is 11.5 Å². The summed E-state index contributed by atoms with van der Waals surface area (Å²) in [4.78, 5) is 39.0. The number of amides is 2. The Balaban J connectivity index is 1.80. The molecule has 1 aromatic carbocycles. The Labute approximate surface area is 179 Å². The lowest BCUT2D eigenvalue weighted by Crippen LogP contribution is -2.48. The first-order valence-corrected chi connectivity index (χ1v) is 9.82. The molecule has 11 heteroatoms. The minimum absolute atomic E-state index is 0.0228. The molecule has 31 heavy (non-hydrogen) atoms. The van der Waals surface area contributed by atoms with Crippen LogP contribution >= 0.6 is 0 Å². The van der Waals surface area contributed by atoms with Gasteiger partial charge in [-0.3, -0.25) is 19.7 Å². The summed E-state index contributed by atoms with van der Waals surface area (Å²) in [6, 6.07) is 8.06. The normalized spacial score (nSPS) is 13.6. The predicted molar refractivity (Wildman–Crippen MR) is 113 cm³/mol. The number of nitro groups is 1. The number of aromatic nitrogens is 2. The summed E-state index contributed by atoms with van der Waals surface area (Å²) >= 11 is 0. The SMILES string of the molecule is CC(=O)N1CCN(c2ccc(C(=O)Nc3cc(C)nn3CCC#N)cc2[N+](=O)[O-])CC1. The van der Waals surface area contributed by atoms with Crippen molar-refractivity contribution in [3.63, 3.8) is 0 Å². The molecule has 3 rings (SSSR count). The number of anilines is 2. The molecule has 1 aliphatic rings. The zero-order valence-electron chi connectivity index (χ0n) is 17.4. The van der Waals surface area contributed by atoms with E-state index in [0.29, 0.717) is 49.9 Å². The van der Waals surface area contributed by atoms with Crippen LogP contribution in [0.2, 0.25) is 0 Å². The summed E-state index contributed by atoms with van der Waals surface area (Å²) < 4.78 is 1.52. The molecule has 1 aromatic heterocycles. The van der Waals surface area contributed by atoms with Gasteiger partial charge in [0.05, 0.1) is 29.7 Å². The van der Waals surface area contributed by atoms with Crippen molar-refractivity contribution in [1.82, 2.24) is 14.7 Å². The number of piperazine rings is 1. The Bertz CT molecular complexity index is 1050. The Morgan fingerprint density at radius 3 is 2.58 bits per heavy atom. The van der Waals surface area contributed by atoms with E-state index in [0.717, 1.165) is 0 Å². The summed E-state index contributed by atoms with van der Waals surface area (Å²) in [5.74, 6) is -0.107. The number of rotatable bonds is 6. The van der Waals surface area contributed by atoms with Crippen LogP contribution in [0.5, 0.6) is 0 Å². The van der Waals surface area contributed by atoms with Crippen molar-refractivity contribution < 1.29 is 14.5 Å². The summed E-state index contributed by atoms with van der Waals surface area (Å²) in [5.41, 5.74) is 1.07. The molecule has 0 spiro atoms. The molecule has 162 valence electrons. The van der Waals surface area contributed by atoms with Crippen molar-refractivity contribution in [3.05, 3.63) is 45.6 Å². The van der Waals surface area contributed by atoms with Gasteiger partial charge in [-0.1, -0.05) is 0 Å². The van der Waals surface area contributed by atoms with Gasteiger partial charge >= 0.3 is 0 Å². The highest BCUT2D eigenvalue weighted by atomic mass is 16.6. The minimum Gasteiger partial charge on any atom is -0.362 e. The van der Waals surface area contributed by atoms with Gasteiger partial charge in [0, 0.05) is 50.8 Å². The number of aryl methyl sites for hydroxylation is 2. The van der Waals surface area contributed by atoms with Crippen LogP contribution in [0.25, 0.3) is 0 Å². The molecule has 0 radical (unpaired) electrons. The van der Waals surface area contributed by atoms with Crippen LogP contribution in [0.15, 0.2) is 24.3 Å². The largest absolute Gasteiger partial charge is 0.362 e. The van der Waals surface area contributed by atoms with Gasteiger partial charge in [-0.05, 0) is 19.1 Å². The van der Waals surface area contributed by atoms with Gasteiger partial charge in [0.25, 0.3) is 11.6 Å². The third-order valence-corrected chi connectivity index (χ3v) is 5.08. The number of nitrogens with zero attached hydrogens (tertiary/aromatic N) is 6. The second-order valence-electron chi connectivity index (χ2n) is 7.21. The average molecular weight is 425 g/mol. The number of hydrogen-bond acceptors (Lipinski definition) is 7. The lowest BCUT2D eigenvalue weighted by Gasteiger charge is -2.35. The summed E-state index contributed by atoms with van der Waals surface area (Å²) in [6.45, 7) is 5.52. The highest BCUT2D eigenvalue weighted by Gasteiger charge is 2.26. The number of carbonyl (C=O) groups excluding carboxylic acids is 2. The lowest BCUT2D eigenvalue weighted by molar-refractivity contribution is -0.384. The van der Waals surface area contributed by atoms with E-state index in [9.17, 15) is 19.7 Å². The Kier molecular flexibility index (Phi) is 6.49. The van der Waals surface area contributed by atoms with Gasteiger partial charge in [0.15, 0.2) is 0 Å². The second kappa shape index (κ2) is 9.25. The molecule has 2 amide bonds. The maximum atomic E-state index is 12.7. The average Bonchev–Trinajstić information content (AvgIpc) is 3.10. The van der Waals surface area contributed by atoms with Crippen molar-refractivity contribution in [2.24, 2.45) is 0 Å². The second-order valence-corrected chi connectivity index (χ2v) is 7.21. The van der Waals surface area contributed by atoms with Crippen LogP contribution in [0.1, 0.15) is 29.4 Å². The number of nitriles is 1. The fraction of sp³-hybridized carbons (Fsp3) is 0.400. The zero-order valence-corrected chi connectivity index (χ0v) is 17.4. The Morgan fingerprint density at radius 1 is 1.26 bits per heavy atom. The van der Waals surface area contributed by atoms with Crippen molar-refractivity contribution in [2.45, 2.75) is 26.8 Å². The molecule has 0 saturated carbocycles. The van der Waals surface area contributed by atoms with Crippen LogP contribution in [0.4, 0.5) is 17.2 Å². The lowest BCUT2D eigenvalue weighted by atomic mass is 10.1. The van der Waals surface area contributed by atoms with Crippen LogP contribution in [0.3, 0.4) is 0 Å². The van der Waals surface area contributed by atoms with E-state index in [4.69, 9.17) is 5.26 Å². The molecule has 1 fully saturated rings. The molecule has 1 saturated heterocycles. The Morgan fingerprint density at radius 2 is 1.97 bits per heavy atom. The topological polar surface area (TPSA) is 137 Å². The molecule has 2 aromatic rings. The van der Waals surface area contributed by atoms with Crippen molar-refractivity contribution in [3.8, 4) is 6.07 Å². The van der Waals surface area contributed by atoms with E-state index in [1.807, 2.05) is 11.0 Å². The zero-order chi connectivity index (χ0) is 22.5. The molecule has 1 N–H and O–H groups in total. The first-order valence-electron chi connectivity index (χ1n) is 9.82. The monoisotopic (exact) mass is 425 g/mol. The first-order chi connectivity index (χ1) is 14.8. The van der Waals surface area contributed by atoms with E-state index in [-0.39, 0.29) is 23.6 Å². The molecule has 0 atom stereocenters. The van der Waals surface area contributed by atoms with Crippen LogP contribution in [0, 0.1) is 28.4 Å². The van der Waals surface area contributed by atoms with E-state index in [1.165, 1.54) is 23.7 Å². The first kappa shape index (κ1) is 21.8. The predicted octanol–water partition coefficient (Wildman–Crippen LogP) is 1.93. The van der Waals surface area contributed by atoms with Crippen LogP contribution in [-0.2, 0) is 11.3 Å². The van der Waals surface area contributed by atoms with E-state index < -0.39 is 10.8 Å². The van der Waals surface area contributed by atoms with Gasteiger partial charge < -0.3 is 15.1 Å². The summed E-state index contributed by atoms with van der Waals surface area (Å²) in [5, 5.41) is 27.4. The molecule has 2 heterocycles. The third-order valence-electron chi connectivity index (χ3n) is 5.08.